The summed E-state index contributed by atoms with van der Waals surface area (Å²) in [7, 11) is 0. The first-order valence-electron chi connectivity index (χ1n) is 8.45. The highest BCUT2D eigenvalue weighted by molar-refractivity contribution is 6.06. The Morgan fingerprint density at radius 3 is 2.50 bits per heavy atom. The highest BCUT2D eigenvalue weighted by Crippen LogP contribution is 2.33. The molecule has 1 aliphatic heterocycles. The standard InChI is InChI=1S/C20H18N2O6/c1-12(20(25)26)21-19(24)15(22-18(23)14-5-3-2-4-6-14)9-13-7-8-16-17(10-13)28-11-27-16/h2-10,12H,11H2,1H3,(H,21,24)(H,22,23)(H,25,26)/b15-9+/t12-/m1/s1. The summed E-state index contributed by atoms with van der Waals surface area (Å²) < 4.78 is 10.6. The molecular formula is C20H18N2O6. The molecule has 3 rings (SSSR count). The Bertz CT molecular complexity index is 939. The summed E-state index contributed by atoms with van der Waals surface area (Å²) >= 11 is 0. The van der Waals surface area contributed by atoms with Crippen LogP contribution in [-0.4, -0.2) is 35.7 Å². The van der Waals surface area contributed by atoms with Crippen LogP contribution < -0.4 is 20.1 Å². The maximum absolute atomic E-state index is 12.5. The van der Waals surface area contributed by atoms with Gasteiger partial charge >= 0.3 is 5.97 Å². The van der Waals surface area contributed by atoms with Crippen LogP contribution in [0.15, 0.2) is 54.2 Å². The largest absolute Gasteiger partial charge is 0.480 e. The van der Waals surface area contributed by atoms with E-state index < -0.39 is 23.8 Å². The average molecular weight is 382 g/mol. The number of rotatable bonds is 6. The maximum atomic E-state index is 12.5. The topological polar surface area (TPSA) is 114 Å². The minimum Gasteiger partial charge on any atom is -0.480 e. The maximum Gasteiger partial charge on any atom is 0.325 e. The highest BCUT2D eigenvalue weighted by atomic mass is 16.7. The molecule has 28 heavy (non-hydrogen) atoms. The van der Waals surface area contributed by atoms with E-state index in [9.17, 15) is 14.4 Å². The third-order valence-electron chi connectivity index (χ3n) is 3.95. The molecule has 0 aliphatic carbocycles. The van der Waals surface area contributed by atoms with Gasteiger partial charge in [-0.05, 0) is 42.8 Å². The first-order valence-corrected chi connectivity index (χ1v) is 8.45. The molecule has 0 unspecified atom stereocenters. The van der Waals surface area contributed by atoms with E-state index in [1.165, 1.54) is 13.0 Å². The van der Waals surface area contributed by atoms with Gasteiger partial charge in [-0.3, -0.25) is 14.4 Å². The van der Waals surface area contributed by atoms with E-state index in [4.69, 9.17) is 14.6 Å². The number of fused-ring (bicyclic) bond motifs is 1. The minimum absolute atomic E-state index is 0.0965. The van der Waals surface area contributed by atoms with Crippen LogP contribution in [0, 0.1) is 0 Å². The molecule has 0 spiro atoms. The van der Waals surface area contributed by atoms with E-state index in [-0.39, 0.29) is 12.5 Å². The lowest BCUT2D eigenvalue weighted by molar-refractivity contribution is -0.140. The summed E-state index contributed by atoms with van der Waals surface area (Å²) in [4.78, 5) is 36.0. The zero-order chi connectivity index (χ0) is 20.1. The van der Waals surface area contributed by atoms with Gasteiger partial charge in [0, 0.05) is 5.56 Å². The van der Waals surface area contributed by atoms with Crippen molar-refractivity contribution < 1.29 is 29.0 Å². The third-order valence-corrected chi connectivity index (χ3v) is 3.95. The fourth-order valence-electron chi connectivity index (χ4n) is 2.45. The Morgan fingerprint density at radius 2 is 1.79 bits per heavy atom. The van der Waals surface area contributed by atoms with Gasteiger partial charge in [0.2, 0.25) is 6.79 Å². The van der Waals surface area contributed by atoms with Crippen LogP contribution in [0.3, 0.4) is 0 Å². The molecule has 0 aromatic heterocycles. The molecule has 8 heteroatoms. The molecule has 0 saturated heterocycles. The van der Waals surface area contributed by atoms with Crippen LogP contribution in [0.25, 0.3) is 6.08 Å². The van der Waals surface area contributed by atoms with Gasteiger partial charge in [0.1, 0.15) is 11.7 Å². The van der Waals surface area contributed by atoms with Crippen molar-refractivity contribution in [2.75, 3.05) is 6.79 Å². The smallest absolute Gasteiger partial charge is 0.325 e. The number of benzene rings is 2. The average Bonchev–Trinajstić information content (AvgIpc) is 3.15. The van der Waals surface area contributed by atoms with Gasteiger partial charge < -0.3 is 25.2 Å². The lowest BCUT2D eigenvalue weighted by Gasteiger charge is -2.13. The highest BCUT2D eigenvalue weighted by Gasteiger charge is 2.20. The Balaban J connectivity index is 1.88. The monoisotopic (exact) mass is 382 g/mol. The first kappa shape index (κ1) is 19.0. The van der Waals surface area contributed by atoms with Crippen molar-refractivity contribution in [1.29, 1.82) is 0 Å². The van der Waals surface area contributed by atoms with Crippen molar-refractivity contribution in [1.82, 2.24) is 10.6 Å². The molecule has 2 amide bonds. The summed E-state index contributed by atoms with van der Waals surface area (Å²) in [6.07, 6.45) is 1.44. The molecule has 1 heterocycles. The molecule has 0 fully saturated rings. The van der Waals surface area contributed by atoms with Crippen molar-refractivity contribution in [2.24, 2.45) is 0 Å². The van der Waals surface area contributed by atoms with Crippen LogP contribution >= 0.6 is 0 Å². The fraction of sp³-hybridized carbons (Fsp3) is 0.150. The number of carbonyl (C=O) groups excluding carboxylic acids is 2. The zero-order valence-electron chi connectivity index (χ0n) is 15.0. The van der Waals surface area contributed by atoms with Gasteiger partial charge in [0.05, 0.1) is 0 Å². The number of carboxylic acid groups (broad SMARTS) is 1. The Kier molecular flexibility index (Phi) is 5.59. The first-order chi connectivity index (χ1) is 13.4. The number of carbonyl (C=O) groups is 3. The predicted octanol–water partition coefficient (Wildman–Crippen LogP) is 1.78. The summed E-state index contributed by atoms with van der Waals surface area (Å²) in [5.74, 6) is -1.31. The number of hydrogen-bond donors (Lipinski definition) is 3. The fourth-order valence-corrected chi connectivity index (χ4v) is 2.45. The van der Waals surface area contributed by atoms with E-state index in [0.717, 1.165) is 0 Å². The zero-order valence-corrected chi connectivity index (χ0v) is 15.0. The summed E-state index contributed by atoms with van der Waals surface area (Å²) in [5, 5.41) is 13.9. The lowest BCUT2D eigenvalue weighted by atomic mass is 10.1. The van der Waals surface area contributed by atoms with Gasteiger partial charge in [-0.15, -0.1) is 0 Å². The molecule has 2 aromatic rings. The van der Waals surface area contributed by atoms with Crippen molar-refractivity contribution in [2.45, 2.75) is 13.0 Å². The van der Waals surface area contributed by atoms with Gasteiger partial charge in [-0.25, -0.2) is 0 Å². The molecule has 0 radical (unpaired) electrons. The molecule has 2 aromatic carbocycles. The number of hydrogen-bond acceptors (Lipinski definition) is 5. The van der Waals surface area contributed by atoms with Crippen LogP contribution in [0.2, 0.25) is 0 Å². The minimum atomic E-state index is -1.19. The summed E-state index contributed by atoms with van der Waals surface area (Å²) in [6.45, 7) is 1.44. The number of nitrogens with one attached hydrogen (secondary N) is 2. The normalized spacial score (nSPS) is 13.5. The van der Waals surface area contributed by atoms with Gasteiger partial charge in [-0.1, -0.05) is 24.3 Å². The van der Waals surface area contributed by atoms with E-state index in [2.05, 4.69) is 10.6 Å². The van der Waals surface area contributed by atoms with Crippen LogP contribution in [-0.2, 0) is 9.59 Å². The number of carboxylic acids is 1. The Morgan fingerprint density at radius 1 is 1.07 bits per heavy atom. The SMILES string of the molecule is C[C@@H](NC(=O)/C(=C\c1ccc2c(c1)OCO2)NC(=O)c1ccccc1)C(=O)O. The van der Waals surface area contributed by atoms with Crippen molar-refractivity contribution in [3.8, 4) is 11.5 Å². The van der Waals surface area contributed by atoms with E-state index in [1.807, 2.05) is 0 Å². The van der Waals surface area contributed by atoms with Crippen LogP contribution in [0.4, 0.5) is 0 Å². The van der Waals surface area contributed by atoms with Crippen molar-refractivity contribution in [3.63, 3.8) is 0 Å². The van der Waals surface area contributed by atoms with Crippen LogP contribution in [0.5, 0.6) is 11.5 Å². The number of ether oxygens (including phenoxy) is 2. The molecular weight excluding hydrogens is 364 g/mol. The molecule has 0 saturated carbocycles. The van der Waals surface area contributed by atoms with Crippen LogP contribution in [0.1, 0.15) is 22.8 Å². The Labute approximate surface area is 160 Å². The molecule has 1 aliphatic rings. The van der Waals surface area contributed by atoms with Gasteiger partial charge in [-0.2, -0.15) is 0 Å². The van der Waals surface area contributed by atoms with E-state index >= 15 is 0 Å². The van der Waals surface area contributed by atoms with E-state index in [1.54, 1.807) is 48.5 Å². The van der Waals surface area contributed by atoms with Gasteiger partial charge in [0.25, 0.3) is 11.8 Å². The number of amides is 2. The lowest BCUT2D eigenvalue weighted by Crippen LogP contribution is -2.42. The third kappa shape index (κ3) is 4.47. The molecule has 0 bridgehead atoms. The second-order valence-corrected chi connectivity index (χ2v) is 6.02. The molecule has 144 valence electrons. The Hall–Kier alpha value is -3.81. The molecule has 1 atom stereocenters. The summed E-state index contributed by atoms with van der Waals surface area (Å²) in [6, 6.07) is 12.3. The predicted molar refractivity (Wildman–Crippen MR) is 99.7 cm³/mol. The molecule has 8 nitrogen and oxygen atoms in total. The van der Waals surface area contributed by atoms with E-state index in [0.29, 0.717) is 22.6 Å². The molecule has 3 N–H and O–H groups in total. The second-order valence-electron chi connectivity index (χ2n) is 6.02. The van der Waals surface area contributed by atoms with Gasteiger partial charge in [0.15, 0.2) is 11.5 Å². The second kappa shape index (κ2) is 8.26. The van der Waals surface area contributed by atoms with Crippen molar-refractivity contribution in [3.05, 3.63) is 65.4 Å². The quantitative estimate of drug-likeness (QED) is 0.656. The summed E-state index contributed by atoms with van der Waals surface area (Å²) in [5.41, 5.74) is 0.838. The van der Waals surface area contributed by atoms with Crippen molar-refractivity contribution >= 4 is 23.9 Å². The number of aliphatic carboxylic acids is 1.